The van der Waals surface area contributed by atoms with Crippen molar-refractivity contribution >= 4 is 11.8 Å². The molecule has 6 heteroatoms. The third-order valence-corrected chi connectivity index (χ3v) is 1.07. The molecule has 0 atom stereocenters. The molecule has 0 spiro atoms. The highest BCUT2D eigenvalue weighted by Gasteiger charge is 2.18. The Labute approximate surface area is 57.9 Å². The normalized spacial score (nSPS) is 9.20. The van der Waals surface area contributed by atoms with Gasteiger partial charge < -0.3 is 0 Å². The van der Waals surface area contributed by atoms with E-state index in [1.807, 2.05) is 10.9 Å². The summed E-state index contributed by atoms with van der Waals surface area (Å²) < 4.78 is 0. The van der Waals surface area contributed by atoms with E-state index in [1.54, 1.807) is 0 Å². The molecule has 0 bridgehead atoms. The quantitative estimate of drug-likeness (QED) is 0.151. The van der Waals surface area contributed by atoms with Gasteiger partial charge in [0.25, 0.3) is 0 Å². The average molecular weight is 146 g/mol. The first-order chi connectivity index (χ1) is 4.63. The Hall–Kier alpha value is -1.14. The maximum Gasteiger partial charge on any atom is 0.246 e. The van der Waals surface area contributed by atoms with Crippen LogP contribution in [-0.2, 0) is 9.59 Å². The lowest BCUT2D eigenvalue weighted by Crippen LogP contribution is -2.44. The van der Waals surface area contributed by atoms with Crippen LogP contribution in [0.5, 0.6) is 0 Å². The first kappa shape index (κ1) is 8.86. The molecule has 6 N–H and O–H groups in total. The lowest BCUT2D eigenvalue weighted by molar-refractivity contribution is -0.134. The monoisotopic (exact) mass is 146 g/mol. The predicted molar refractivity (Wildman–Crippen MR) is 33.8 cm³/mol. The minimum Gasteiger partial charge on any atom is -0.294 e. The van der Waals surface area contributed by atoms with Gasteiger partial charge in [-0.15, -0.1) is 0 Å². The van der Waals surface area contributed by atoms with E-state index in [1.165, 1.54) is 6.92 Å². The Morgan fingerprint density at radius 2 is 1.50 bits per heavy atom. The van der Waals surface area contributed by atoms with Crippen molar-refractivity contribution < 1.29 is 9.59 Å². The van der Waals surface area contributed by atoms with E-state index >= 15 is 0 Å². The first-order valence-corrected chi connectivity index (χ1v) is 2.64. The summed E-state index contributed by atoms with van der Waals surface area (Å²) in [4.78, 5) is 21.1. The minimum atomic E-state index is -0.852. The topological polar surface area (TPSA) is 110 Å². The molecular weight excluding hydrogens is 136 g/mol. The summed E-state index contributed by atoms with van der Waals surface area (Å²) in [5.74, 6) is 7.50. The molecule has 0 aromatic heterocycles. The molecule has 0 saturated heterocycles. The van der Waals surface area contributed by atoms with E-state index < -0.39 is 17.7 Å². The van der Waals surface area contributed by atoms with Crippen molar-refractivity contribution in [2.45, 2.75) is 6.92 Å². The van der Waals surface area contributed by atoms with Crippen molar-refractivity contribution in [1.82, 2.24) is 10.9 Å². The summed E-state index contributed by atoms with van der Waals surface area (Å²) in [5.41, 5.74) is 3.65. The van der Waals surface area contributed by atoms with Crippen LogP contribution in [0.25, 0.3) is 0 Å². The molecule has 0 aromatic rings. The number of nitrogens with two attached hydrogens (primary N) is 2. The molecule has 0 aromatic carbocycles. The molecule has 0 aliphatic carbocycles. The van der Waals surface area contributed by atoms with Crippen LogP contribution in [0.1, 0.15) is 6.92 Å². The third-order valence-electron chi connectivity index (χ3n) is 1.07. The summed E-state index contributed by atoms with van der Waals surface area (Å²) in [6.45, 7) is 1.39. The largest absolute Gasteiger partial charge is 0.294 e. The standard InChI is InChI=1S/C4H10N4O2/c1-2(3(9)7-5)4(10)8-6/h2H,5-6H2,1H3,(H,7,9)(H,8,10). The molecule has 10 heavy (non-hydrogen) atoms. The molecule has 0 fully saturated rings. The van der Waals surface area contributed by atoms with Gasteiger partial charge in [0.1, 0.15) is 5.92 Å². The van der Waals surface area contributed by atoms with Gasteiger partial charge in [-0.25, -0.2) is 11.7 Å². The van der Waals surface area contributed by atoms with Crippen LogP contribution in [0.15, 0.2) is 0 Å². The van der Waals surface area contributed by atoms with Crippen LogP contribution >= 0.6 is 0 Å². The van der Waals surface area contributed by atoms with Gasteiger partial charge in [-0.3, -0.25) is 20.4 Å². The van der Waals surface area contributed by atoms with Gasteiger partial charge in [0.05, 0.1) is 0 Å². The summed E-state index contributed by atoms with van der Waals surface area (Å²) in [7, 11) is 0. The maximum atomic E-state index is 10.6. The second-order valence-electron chi connectivity index (χ2n) is 1.74. The van der Waals surface area contributed by atoms with Crippen molar-refractivity contribution in [2.75, 3.05) is 0 Å². The van der Waals surface area contributed by atoms with Gasteiger partial charge in [0.15, 0.2) is 0 Å². The number of rotatable bonds is 2. The molecule has 58 valence electrons. The third kappa shape index (κ3) is 2.00. The fraction of sp³-hybridized carbons (Fsp3) is 0.500. The fourth-order valence-corrected chi connectivity index (χ4v) is 0.369. The first-order valence-electron chi connectivity index (χ1n) is 2.64. The van der Waals surface area contributed by atoms with Crippen molar-refractivity contribution in [1.29, 1.82) is 0 Å². The zero-order valence-corrected chi connectivity index (χ0v) is 5.55. The Balaban J connectivity index is 3.94. The highest BCUT2D eigenvalue weighted by molar-refractivity contribution is 5.99. The van der Waals surface area contributed by atoms with Gasteiger partial charge >= 0.3 is 0 Å². The summed E-state index contributed by atoms with van der Waals surface area (Å²) in [6, 6.07) is 0. The van der Waals surface area contributed by atoms with E-state index in [-0.39, 0.29) is 0 Å². The number of hydrogen-bond acceptors (Lipinski definition) is 4. The van der Waals surface area contributed by atoms with Crippen LogP contribution in [0.4, 0.5) is 0 Å². The molecule has 0 unspecified atom stereocenters. The highest BCUT2D eigenvalue weighted by Crippen LogP contribution is 1.91. The van der Waals surface area contributed by atoms with Crippen molar-refractivity contribution in [3.63, 3.8) is 0 Å². The zero-order chi connectivity index (χ0) is 8.15. The second-order valence-corrected chi connectivity index (χ2v) is 1.74. The molecule has 0 aliphatic rings. The highest BCUT2D eigenvalue weighted by atomic mass is 16.2. The van der Waals surface area contributed by atoms with E-state index in [0.29, 0.717) is 0 Å². The Morgan fingerprint density at radius 3 is 1.70 bits per heavy atom. The molecule has 0 radical (unpaired) electrons. The molecule has 0 heterocycles. The molecule has 0 saturated carbocycles. The average Bonchev–Trinajstić information content (AvgIpc) is 2.00. The van der Waals surface area contributed by atoms with Crippen LogP contribution in [0.2, 0.25) is 0 Å². The molecule has 0 aliphatic heterocycles. The van der Waals surface area contributed by atoms with Crippen molar-refractivity contribution in [2.24, 2.45) is 17.6 Å². The number of amides is 2. The zero-order valence-electron chi connectivity index (χ0n) is 5.55. The number of hydrogen-bond donors (Lipinski definition) is 4. The van der Waals surface area contributed by atoms with Crippen LogP contribution in [0.3, 0.4) is 0 Å². The number of carbonyl (C=O) groups excluding carboxylic acids is 2. The molecule has 6 nitrogen and oxygen atoms in total. The summed E-state index contributed by atoms with van der Waals surface area (Å²) in [6.07, 6.45) is 0. The predicted octanol–water partition coefficient (Wildman–Crippen LogP) is -2.40. The maximum absolute atomic E-state index is 10.6. The Morgan fingerprint density at radius 1 is 1.20 bits per heavy atom. The Bertz CT molecular complexity index is 130. The fourth-order valence-electron chi connectivity index (χ4n) is 0.369. The second kappa shape index (κ2) is 3.80. The number of carbonyl (C=O) groups is 2. The van der Waals surface area contributed by atoms with E-state index in [2.05, 4.69) is 0 Å². The number of nitrogens with one attached hydrogen (secondary N) is 2. The van der Waals surface area contributed by atoms with E-state index in [0.717, 1.165) is 0 Å². The van der Waals surface area contributed by atoms with E-state index in [4.69, 9.17) is 11.7 Å². The Kier molecular flexibility index (Phi) is 3.37. The minimum absolute atomic E-state index is 0.567. The SMILES string of the molecule is CC(C(=O)NN)C(=O)NN. The van der Waals surface area contributed by atoms with E-state index in [9.17, 15) is 9.59 Å². The molecule has 0 rings (SSSR count). The van der Waals surface area contributed by atoms with Gasteiger partial charge in [-0.2, -0.15) is 0 Å². The van der Waals surface area contributed by atoms with Gasteiger partial charge in [-0.05, 0) is 6.92 Å². The number of hydrazine groups is 2. The van der Waals surface area contributed by atoms with Crippen LogP contribution < -0.4 is 22.5 Å². The van der Waals surface area contributed by atoms with Crippen LogP contribution in [0, 0.1) is 5.92 Å². The summed E-state index contributed by atoms with van der Waals surface area (Å²) in [5, 5.41) is 0. The smallest absolute Gasteiger partial charge is 0.246 e. The van der Waals surface area contributed by atoms with Crippen molar-refractivity contribution in [3.8, 4) is 0 Å². The van der Waals surface area contributed by atoms with Crippen molar-refractivity contribution in [3.05, 3.63) is 0 Å². The van der Waals surface area contributed by atoms with Gasteiger partial charge in [0.2, 0.25) is 11.8 Å². The lowest BCUT2D eigenvalue weighted by atomic mass is 10.1. The van der Waals surface area contributed by atoms with Gasteiger partial charge in [-0.1, -0.05) is 0 Å². The lowest BCUT2D eigenvalue weighted by Gasteiger charge is -2.05. The van der Waals surface area contributed by atoms with Crippen LogP contribution in [-0.4, -0.2) is 11.8 Å². The molecular formula is C4H10N4O2. The molecule has 2 amide bonds. The van der Waals surface area contributed by atoms with Gasteiger partial charge in [0, 0.05) is 0 Å². The summed E-state index contributed by atoms with van der Waals surface area (Å²) >= 11 is 0.